The lowest BCUT2D eigenvalue weighted by Gasteiger charge is -2.12. The predicted molar refractivity (Wildman–Crippen MR) is 85.0 cm³/mol. The fourth-order valence-corrected chi connectivity index (χ4v) is 3.30. The number of sulfonamides is 1. The Bertz CT molecular complexity index is 811. The molecule has 8 heteroatoms. The van der Waals surface area contributed by atoms with Gasteiger partial charge in [0.1, 0.15) is 16.4 Å². The summed E-state index contributed by atoms with van der Waals surface area (Å²) in [5.41, 5.74) is 0.554. The van der Waals surface area contributed by atoms with E-state index >= 15 is 0 Å². The minimum Gasteiger partial charge on any atom is -0.497 e. The molecule has 0 spiro atoms. The van der Waals surface area contributed by atoms with Crippen LogP contribution in [0.25, 0.3) is 0 Å². The first-order valence-electron chi connectivity index (χ1n) is 6.53. The van der Waals surface area contributed by atoms with Gasteiger partial charge < -0.3 is 9.47 Å². The minimum atomic E-state index is -4.06. The molecule has 0 bridgehead atoms. The van der Waals surface area contributed by atoms with E-state index in [1.807, 2.05) is 0 Å². The second kappa shape index (κ2) is 7.16. The van der Waals surface area contributed by atoms with Crippen molar-refractivity contribution < 1.29 is 22.3 Å². The van der Waals surface area contributed by atoms with Gasteiger partial charge in [0.2, 0.25) is 10.0 Å². The van der Waals surface area contributed by atoms with E-state index in [0.717, 1.165) is 6.07 Å². The van der Waals surface area contributed by atoms with Crippen molar-refractivity contribution in [1.82, 2.24) is 4.72 Å². The zero-order valence-electron chi connectivity index (χ0n) is 12.5. The summed E-state index contributed by atoms with van der Waals surface area (Å²) in [6.07, 6.45) is 0. The van der Waals surface area contributed by atoms with E-state index in [0.29, 0.717) is 17.1 Å². The first-order chi connectivity index (χ1) is 10.9. The Balaban J connectivity index is 2.28. The van der Waals surface area contributed by atoms with Crippen molar-refractivity contribution in [3.05, 3.63) is 52.8 Å². The Morgan fingerprint density at radius 2 is 1.91 bits per heavy atom. The van der Waals surface area contributed by atoms with Crippen molar-refractivity contribution in [3.63, 3.8) is 0 Å². The van der Waals surface area contributed by atoms with Crippen LogP contribution in [-0.4, -0.2) is 22.6 Å². The zero-order valence-corrected chi connectivity index (χ0v) is 14.0. The summed E-state index contributed by atoms with van der Waals surface area (Å²) >= 11 is 5.62. The van der Waals surface area contributed by atoms with Gasteiger partial charge in [-0.3, -0.25) is 0 Å². The van der Waals surface area contributed by atoms with Gasteiger partial charge in [-0.1, -0.05) is 17.7 Å². The maximum absolute atomic E-state index is 13.9. The lowest BCUT2D eigenvalue weighted by atomic mass is 10.2. The highest BCUT2D eigenvalue weighted by Gasteiger charge is 2.21. The maximum Gasteiger partial charge on any atom is 0.243 e. The second-order valence-corrected chi connectivity index (χ2v) is 6.70. The lowest BCUT2D eigenvalue weighted by molar-refractivity contribution is 0.398. The van der Waals surface area contributed by atoms with Crippen molar-refractivity contribution in [2.24, 2.45) is 0 Å². The largest absolute Gasteiger partial charge is 0.497 e. The van der Waals surface area contributed by atoms with Crippen molar-refractivity contribution in [3.8, 4) is 11.5 Å². The fraction of sp³-hybridized carbons (Fsp3) is 0.200. The van der Waals surface area contributed by atoms with Crippen molar-refractivity contribution in [1.29, 1.82) is 0 Å². The molecular weight excluding hydrogens is 345 g/mol. The van der Waals surface area contributed by atoms with Crippen LogP contribution in [-0.2, 0) is 16.6 Å². The van der Waals surface area contributed by atoms with Crippen LogP contribution < -0.4 is 14.2 Å². The minimum absolute atomic E-state index is 0.0886. The molecule has 0 heterocycles. The predicted octanol–water partition coefficient (Wildman–Crippen LogP) is 2.97. The first kappa shape index (κ1) is 17.5. The van der Waals surface area contributed by atoms with Gasteiger partial charge in [0.25, 0.3) is 0 Å². The van der Waals surface area contributed by atoms with Gasteiger partial charge in [0.05, 0.1) is 19.2 Å². The molecule has 0 radical (unpaired) electrons. The number of hydrogen-bond acceptors (Lipinski definition) is 4. The quantitative estimate of drug-likeness (QED) is 0.861. The molecule has 5 nitrogen and oxygen atoms in total. The van der Waals surface area contributed by atoms with Crippen molar-refractivity contribution in [2.45, 2.75) is 11.4 Å². The molecule has 0 saturated carbocycles. The van der Waals surface area contributed by atoms with Crippen LogP contribution in [0.15, 0.2) is 41.3 Å². The summed E-state index contributed by atoms with van der Waals surface area (Å²) in [6, 6.07) is 8.77. The molecule has 2 aromatic carbocycles. The van der Waals surface area contributed by atoms with Crippen molar-refractivity contribution in [2.75, 3.05) is 14.2 Å². The van der Waals surface area contributed by atoms with Gasteiger partial charge in [-0.2, -0.15) is 0 Å². The van der Waals surface area contributed by atoms with Crippen LogP contribution in [0.2, 0.25) is 5.02 Å². The smallest absolute Gasteiger partial charge is 0.243 e. The van der Waals surface area contributed by atoms with E-state index in [4.69, 9.17) is 21.1 Å². The van der Waals surface area contributed by atoms with Crippen LogP contribution in [0.5, 0.6) is 11.5 Å². The van der Waals surface area contributed by atoms with Gasteiger partial charge in [0.15, 0.2) is 5.82 Å². The average Bonchev–Trinajstić information content (AvgIpc) is 2.55. The molecule has 0 atom stereocenters. The number of ether oxygens (including phenoxy) is 2. The monoisotopic (exact) mass is 359 g/mol. The third-order valence-electron chi connectivity index (χ3n) is 3.15. The van der Waals surface area contributed by atoms with E-state index in [9.17, 15) is 12.8 Å². The Labute approximate surface area is 139 Å². The third-order valence-corrected chi connectivity index (χ3v) is 4.86. The summed E-state index contributed by atoms with van der Waals surface area (Å²) in [4.78, 5) is -0.508. The second-order valence-electron chi connectivity index (χ2n) is 4.55. The lowest BCUT2D eigenvalue weighted by Crippen LogP contribution is -2.24. The van der Waals surface area contributed by atoms with E-state index < -0.39 is 20.7 Å². The van der Waals surface area contributed by atoms with Crippen LogP contribution in [0.4, 0.5) is 4.39 Å². The molecule has 0 aliphatic heterocycles. The van der Waals surface area contributed by atoms with Crippen molar-refractivity contribution >= 4 is 21.6 Å². The van der Waals surface area contributed by atoms with Gasteiger partial charge in [0, 0.05) is 12.1 Å². The third kappa shape index (κ3) is 3.93. The molecule has 2 aromatic rings. The molecule has 0 aliphatic rings. The zero-order chi connectivity index (χ0) is 17.0. The van der Waals surface area contributed by atoms with Crippen LogP contribution >= 0.6 is 11.6 Å². The van der Waals surface area contributed by atoms with Gasteiger partial charge in [-0.05, 0) is 30.3 Å². The number of nitrogens with one attached hydrogen (secondary N) is 1. The number of rotatable bonds is 6. The fourth-order valence-electron chi connectivity index (χ4n) is 1.96. The van der Waals surface area contributed by atoms with Crippen LogP contribution in [0, 0.1) is 5.82 Å². The topological polar surface area (TPSA) is 64.6 Å². The summed E-state index contributed by atoms with van der Waals surface area (Å²) in [5, 5.41) is -0.258. The van der Waals surface area contributed by atoms with Gasteiger partial charge in [-0.25, -0.2) is 17.5 Å². The van der Waals surface area contributed by atoms with E-state index in [1.54, 1.807) is 18.2 Å². The van der Waals surface area contributed by atoms with E-state index in [2.05, 4.69) is 4.72 Å². The maximum atomic E-state index is 13.9. The Morgan fingerprint density at radius 1 is 1.17 bits per heavy atom. The Kier molecular flexibility index (Phi) is 5.46. The molecule has 124 valence electrons. The molecule has 2 rings (SSSR count). The number of halogens is 2. The summed E-state index contributed by atoms with van der Waals surface area (Å²) in [5.74, 6) is 0.0493. The molecule has 0 aliphatic carbocycles. The molecule has 0 unspecified atom stereocenters. The molecule has 0 fully saturated rings. The summed E-state index contributed by atoms with van der Waals surface area (Å²) in [6.45, 7) is -0.0886. The molecule has 0 aromatic heterocycles. The number of methoxy groups -OCH3 is 2. The van der Waals surface area contributed by atoms with E-state index in [-0.39, 0.29) is 11.6 Å². The molecule has 1 N–H and O–H groups in total. The first-order valence-corrected chi connectivity index (χ1v) is 8.39. The molecular formula is C15H15ClFNO4S. The molecule has 0 amide bonds. The van der Waals surface area contributed by atoms with Gasteiger partial charge in [-0.15, -0.1) is 0 Å². The Hall–Kier alpha value is -1.83. The number of hydrogen-bond donors (Lipinski definition) is 1. The Morgan fingerprint density at radius 3 is 2.57 bits per heavy atom. The molecule has 0 saturated heterocycles. The summed E-state index contributed by atoms with van der Waals surface area (Å²) < 4.78 is 51.0. The summed E-state index contributed by atoms with van der Waals surface area (Å²) in [7, 11) is -1.10. The van der Waals surface area contributed by atoms with E-state index in [1.165, 1.54) is 26.4 Å². The number of benzene rings is 2. The molecule has 23 heavy (non-hydrogen) atoms. The standard InChI is InChI=1S/C15H15ClFNO4S/c1-21-11-6-7-13(22-2)10(8-11)9-18-23(19,20)14-5-3-4-12(16)15(14)17/h3-8,18H,9H2,1-2H3. The highest BCUT2D eigenvalue weighted by Crippen LogP contribution is 2.25. The van der Waals surface area contributed by atoms with Crippen LogP contribution in [0.3, 0.4) is 0 Å². The van der Waals surface area contributed by atoms with Gasteiger partial charge >= 0.3 is 0 Å². The highest BCUT2D eigenvalue weighted by molar-refractivity contribution is 7.89. The average molecular weight is 360 g/mol. The highest BCUT2D eigenvalue weighted by atomic mass is 35.5. The SMILES string of the molecule is COc1ccc(OC)c(CNS(=O)(=O)c2cccc(Cl)c2F)c1. The van der Waals surface area contributed by atoms with Crippen LogP contribution in [0.1, 0.15) is 5.56 Å². The normalized spacial score (nSPS) is 11.3.